The van der Waals surface area contributed by atoms with E-state index in [4.69, 9.17) is 4.74 Å². The van der Waals surface area contributed by atoms with Crippen LogP contribution in [0.25, 0.3) is 0 Å². The van der Waals surface area contributed by atoms with Crippen molar-refractivity contribution in [2.45, 2.75) is 38.8 Å². The zero-order valence-corrected chi connectivity index (χ0v) is 12.7. The summed E-state index contributed by atoms with van der Waals surface area (Å²) in [4.78, 5) is 35.2. The molecule has 0 aliphatic heterocycles. The summed E-state index contributed by atoms with van der Waals surface area (Å²) in [7, 11) is 0. The zero-order valence-electron chi connectivity index (χ0n) is 12.7. The molecule has 0 radical (unpaired) electrons. The number of carbonyl (C=O) groups is 3. The van der Waals surface area contributed by atoms with Crippen molar-refractivity contribution in [2.75, 3.05) is 6.54 Å². The lowest BCUT2D eigenvalue weighted by molar-refractivity contribution is -0.153. The summed E-state index contributed by atoms with van der Waals surface area (Å²) in [5.74, 6) is -1.30. The van der Waals surface area contributed by atoms with Crippen LogP contribution in [0.2, 0.25) is 0 Å². The predicted molar refractivity (Wildman–Crippen MR) is 80.2 cm³/mol. The van der Waals surface area contributed by atoms with Crippen LogP contribution in [-0.2, 0) is 14.3 Å². The molecule has 0 saturated heterocycles. The van der Waals surface area contributed by atoms with Gasteiger partial charge in [-0.15, -0.1) is 0 Å². The highest BCUT2D eigenvalue weighted by atomic mass is 16.5. The van der Waals surface area contributed by atoms with Crippen molar-refractivity contribution in [3.05, 3.63) is 35.4 Å². The van der Waals surface area contributed by atoms with Gasteiger partial charge in [0.05, 0.1) is 0 Å². The number of aryl methyl sites for hydroxylation is 1. The number of carbonyl (C=O) groups excluding carboxylic acids is 3. The molecule has 6 heteroatoms. The number of benzene rings is 1. The Bertz CT molecular complexity index is 581. The molecule has 2 amide bonds. The Hall–Kier alpha value is -2.37. The molecule has 1 fully saturated rings. The van der Waals surface area contributed by atoms with E-state index in [0.29, 0.717) is 5.56 Å². The first-order chi connectivity index (χ1) is 10.5. The molecular weight excluding hydrogens is 284 g/mol. The molecule has 2 N–H and O–H groups in total. The van der Waals surface area contributed by atoms with E-state index in [1.807, 2.05) is 13.0 Å². The van der Waals surface area contributed by atoms with Gasteiger partial charge < -0.3 is 15.4 Å². The maximum Gasteiger partial charge on any atom is 0.326 e. The minimum absolute atomic E-state index is 0.217. The molecule has 0 unspecified atom stereocenters. The highest BCUT2D eigenvalue weighted by molar-refractivity contribution is 5.96. The van der Waals surface area contributed by atoms with Crippen molar-refractivity contribution in [1.29, 1.82) is 0 Å². The number of rotatable bonds is 6. The third kappa shape index (κ3) is 4.87. The first-order valence-corrected chi connectivity index (χ1v) is 7.30. The maximum absolute atomic E-state index is 11.9. The average molecular weight is 304 g/mol. The third-order valence-corrected chi connectivity index (χ3v) is 3.27. The van der Waals surface area contributed by atoms with Gasteiger partial charge in [-0.25, -0.2) is 0 Å². The molecular formula is C16H20N2O4. The number of ether oxygens (including phenoxy) is 1. The average Bonchev–Trinajstić information content (AvgIpc) is 3.28. The van der Waals surface area contributed by atoms with Crippen LogP contribution in [0.5, 0.6) is 0 Å². The van der Waals surface area contributed by atoms with Crippen LogP contribution in [0.4, 0.5) is 0 Å². The van der Waals surface area contributed by atoms with Crippen LogP contribution in [-0.4, -0.2) is 36.5 Å². The van der Waals surface area contributed by atoms with Crippen LogP contribution in [0.3, 0.4) is 0 Å². The van der Waals surface area contributed by atoms with Gasteiger partial charge in [0.25, 0.3) is 11.8 Å². The summed E-state index contributed by atoms with van der Waals surface area (Å²) < 4.78 is 4.99. The zero-order chi connectivity index (χ0) is 16.1. The maximum atomic E-state index is 11.9. The lowest BCUT2D eigenvalue weighted by Gasteiger charge is -2.13. The minimum atomic E-state index is -0.857. The van der Waals surface area contributed by atoms with E-state index in [1.54, 1.807) is 18.2 Å². The standard InChI is InChI=1S/C16H20N2O4/c1-10-4-3-5-12(8-10)16(21)17-9-14(19)22-11(2)15(20)18-13-6-7-13/h3-5,8,11,13H,6-7,9H2,1-2H3,(H,17,21)(H,18,20)/t11-/m1/s1. The second kappa shape index (κ2) is 7.06. The molecule has 0 bridgehead atoms. The molecule has 1 atom stereocenters. The van der Waals surface area contributed by atoms with Crippen LogP contribution in [0.15, 0.2) is 24.3 Å². The van der Waals surface area contributed by atoms with Gasteiger partial charge in [0, 0.05) is 11.6 Å². The first-order valence-electron chi connectivity index (χ1n) is 7.30. The quantitative estimate of drug-likeness (QED) is 0.766. The van der Waals surface area contributed by atoms with Gasteiger partial charge in [0.1, 0.15) is 6.54 Å². The smallest absolute Gasteiger partial charge is 0.326 e. The highest BCUT2D eigenvalue weighted by Gasteiger charge is 2.27. The minimum Gasteiger partial charge on any atom is -0.451 e. The normalized spacial score (nSPS) is 14.8. The summed E-state index contributed by atoms with van der Waals surface area (Å²) in [6.45, 7) is 3.12. The number of esters is 1. The molecule has 1 aromatic rings. The SMILES string of the molecule is Cc1cccc(C(=O)NCC(=O)O[C@H](C)C(=O)NC2CC2)c1. The Kier molecular flexibility index (Phi) is 5.14. The Morgan fingerprint density at radius 3 is 2.68 bits per heavy atom. The van der Waals surface area contributed by atoms with Crippen LogP contribution < -0.4 is 10.6 Å². The van der Waals surface area contributed by atoms with Crippen molar-refractivity contribution in [1.82, 2.24) is 10.6 Å². The molecule has 1 aliphatic carbocycles. The Morgan fingerprint density at radius 1 is 1.32 bits per heavy atom. The largest absolute Gasteiger partial charge is 0.451 e. The molecule has 0 heterocycles. The molecule has 22 heavy (non-hydrogen) atoms. The number of nitrogens with one attached hydrogen (secondary N) is 2. The van der Waals surface area contributed by atoms with Crippen molar-refractivity contribution >= 4 is 17.8 Å². The lowest BCUT2D eigenvalue weighted by atomic mass is 10.1. The van der Waals surface area contributed by atoms with Crippen LogP contribution in [0, 0.1) is 6.92 Å². The molecule has 1 saturated carbocycles. The van der Waals surface area contributed by atoms with Gasteiger partial charge in [-0.1, -0.05) is 17.7 Å². The van der Waals surface area contributed by atoms with E-state index in [9.17, 15) is 14.4 Å². The second-order valence-electron chi connectivity index (χ2n) is 5.47. The van der Waals surface area contributed by atoms with E-state index in [1.165, 1.54) is 6.92 Å². The summed E-state index contributed by atoms with van der Waals surface area (Å²) in [5.41, 5.74) is 1.44. The number of amides is 2. The topological polar surface area (TPSA) is 84.5 Å². The number of hydrogen-bond acceptors (Lipinski definition) is 4. The van der Waals surface area contributed by atoms with Crippen LogP contribution >= 0.6 is 0 Å². The van der Waals surface area contributed by atoms with Gasteiger partial charge in [0.2, 0.25) is 0 Å². The summed E-state index contributed by atoms with van der Waals surface area (Å²) >= 11 is 0. The third-order valence-electron chi connectivity index (χ3n) is 3.27. The summed E-state index contributed by atoms with van der Waals surface area (Å²) in [6, 6.07) is 7.26. The Morgan fingerprint density at radius 2 is 2.05 bits per heavy atom. The number of hydrogen-bond donors (Lipinski definition) is 2. The summed E-state index contributed by atoms with van der Waals surface area (Å²) in [6.07, 6.45) is 1.08. The van der Waals surface area contributed by atoms with Gasteiger partial charge >= 0.3 is 5.97 Å². The van der Waals surface area contributed by atoms with E-state index >= 15 is 0 Å². The summed E-state index contributed by atoms with van der Waals surface area (Å²) in [5, 5.41) is 5.23. The van der Waals surface area contributed by atoms with Crippen molar-refractivity contribution in [3.63, 3.8) is 0 Å². The van der Waals surface area contributed by atoms with Crippen molar-refractivity contribution in [2.24, 2.45) is 0 Å². The lowest BCUT2D eigenvalue weighted by Crippen LogP contribution is -2.39. The molecule has 0 spiro atoms. The predicted octanol–water partition coefficient (Wildman–Crippen LogP) is 0.935. The van der Waals surface area contributed by atoms with Gasteiger partial charge in [-0.05, 0) is 38.8 Å². The fourth-order valence-corrected chi connectivity index (χ4v) is 1.88. The van der Waals surface area contributed by atoms with Crippen molar-refractivity contribution < 1.29 is 19.1 Å². The Labute approximate surface area is 129 Å². The van der Waals surface area contributed by atoms with Crippen LogP contribution in [0.1, 0.15) is 35.7 Å². The van der Waals surface area contributed by atoms with E-state index in [2.05, 4.69) is 10.6 Å². The van der Waals surface area contributed by atoms with E-state index in [-0.39, 0.29) is 24.4 Å². The molecule has 2 rings (SSSR count). The molecule has 1 aromatic carbocycles. The monoisotopic (exact) mass is 304 g/mol. The molecule has 1 aliphatic rings. The molecule has 0 aromatic heterocycles. The van der Waals surface area contributed by atoms with E-state index < -0.39 is 12.1 Å². The Balaban J connectivity index is 1.74. The van der Waals surface area contributed by atoms with Crippen molar-refractivity contribution in [3.8, 4) is 0 Å². The first kappa shape index (κ1) is 16.0. The second-order valence-corrected chi connectivity index (χ2v) is 5.47. The molecule has 118 valence electrons. The highest BCUT2D eigenvalue weighted by Crippen LogP contribution is 2.18. The molecule has 6 nitrogen and oxygen atoms in total. The van der Waals surface area contributed by atoms with Gasteiger partial charge in [-0.3, -0.25) is 14.4 Å². The van der Waals surface area contributed by atoms with E-state index in [0.717, 1.165) is 18.4 Å². The fraction of sp³-hybridized carbons (Fsp3) is 0.438. The fourth-order valence-electron chi connectivity index (χ4n) is 1.88. The van der Waals surface area contributed by atoms with Gasteiger partial charge in [-0.2, -0.15) is 0 Å². The van der Waals surface area contributed by atoms with Gasteiger partial charge in [0.15, 0.2) is 6.10 Å².